The van der Waals surface area contributed by atoms with E-state index in [9.17, 15) is 10.1 Å². The molecule has 3 aliphatic rings. The van der Waals surface area contributed by atoms with E-state index in [1.165, 1.54) is 12.1 Å². The van der Waals surface area contributed by atoms with E-state index in [0.29, 0.717) is 17.4 Å². The van der Waals surface area contributed by atoms with Crippen LogP contribution in [0.3, 0.4) is 0 Å². The third kappa shape index (κ3) is 2.43. The Morgan fingerprint density at radius 1 is 1.30 bits per heavy atom. The molecule has 3 aliphatic heterocycles. The Morgan fingerprint density at radius 2 is 2.05 bits per heavy atom. The molecule has 2 bridgehead atoms. The standard InChI is InChI=1S/C14H18N2O4/c1-19-12-3-2-11(16(17)18)8-13(12)20-14-9-15-6-4-10(14)5-7-15/h2-3,8,10,14H,4-7,9H2,1H3. The topological polar surface area (TPSA) is 64.8 Å². The number of piperidine rings is 3. The first-order valence-corrected chi connectivity index (χ1v) is 6.89. The van der Waals surface area contributed by atoms with Gasteiger partial charge in [-0.25, -0.2) is 0 Å². The maximum absolute atomic E-state index is 10.9. The number of rotatable bonds is 4. The van der Waals surface area contributed by atoms with Crippen molar-refractivity contribution in [2.45, 2.75) is 18.9 Å². The van der Waals surface area contributed by atoms with Crippen LogP contribution in [0.5, 0.6) is 11.5 Å². The summed E-state index contributed by atoms with van der Waals surface area (Å²) in [4.78, 5) is 12.8. The second-order valence-electron chi connectivity index (χ2n) is 5.39. The summed E-state index contributed by atoms with van der Waals surface area (Å²) in [6.07, 6.45) is 2.39. The molecule has 3 saturated heterocycles. The van der Waals surface area contributed by atoms with Crippen LogP contribution in [0.4, 0.5) is 5.69 Å². The second kappa shape index (κ2) is 5.28. The lowest BCUT2D eigenvalue weighted by atomic mass is 9.86. The van der Waals surface area contributed by atoms with E-state index in [1.54, 1.807) is 13.2 Å². The summed E-state index contributed by atoms with van der Waals surface area (Å²) in [5.41, 5.74) is 0.0297. The van der Waals surface area contributed by atoms with Gasteiger partial charge in [0.25, 0.3) is 5.69 Å². The number of ether oxygens (including phenoxy) is 2. The largest absolute Gasteiger partial charge is 0.493 e. The first-order chi connectivity index (χ1) is 9.67. The van der Waals surface area contributed by atoms with E-state index in [0.717, 1.165) is 32.5 Å². The van der Waals surface area contributed by atoms with Crippen LogP contribution in [0.15, 0.2) is 18.2 Å². The summed E-state index contributed by atoms with van der Waals surface area (Å²) in [6, 6.07) is 4.48. The van der Waals surface area contributed by atoms with Crippen LogP contribution < -0.4 is 9.47 Å². The van der Waals surface area contributed by atoms with E-state index < -0.39 is 4.92 Å². The van der Waals surface area contributed by atoms with Crippen LogP contribution >= 0.6 is 0 Å². The van der Waals surface area contributed by atoms with Crippen molar-refractivity contribution < 1.29 is 14.4 Å². The molecule has 0 aliphatic carbocycles. The molecule has 20 heavy (non-hydrogen) atoms. The van der Waals surface area contributed by atoms with Crippen LogP contribution in [0.25, 0.3) is 0 Å². The SMILES string of the molecule is COc1ccc([N+](=O)[O-])cc1OC1CN2CCC1CC2. The predicted octanol–water partition coefficient (Wildman–Crippen LogP) is 2.08. The molecule has 108 valence electrons. The fourth-order valence-corrected chi connectivity index (χ4v) is 3.08. The Labute approximate surface area is 117 Å². The molecule has 1 aromatic carbocycles. The van der Waals surface area contributed by atoms with Crippen molar-refractivity contribution in [3.8, 4) is 11.5 Å². The first kappa shape index (κ1) is 13.2. The Morgan fingerprint density at radius 3 is 2.60 bits per heavy atom. The third-order valence-corrected chi connectivity index (χ3v) is 4.23. The van der Waals surface area contributed by atoms with Gasteiger partial charge in [-0.15, -0.1) is 0 Å². The minimum absolute atomic E-state index is 0.0297. The van der Waals surface area contributed by atoms with Crippen LogP contribution in [0, 0.1) is 16.0 Å². The number of hydrogen-bond acceptors (Lipinski definition) is 5. The normalized spacial score (nSPS) is 28.1. The summed E-state index contributed by atoms with van der Waals surface area (Å²) in [6.45, 7) is 3.17. The fourth-order valence-electron chi connectivity index (χ4n) is 3.08. The lowest BCUT2D eigenvalue weighted by Crippen LogP contribution is -2.52. The molecular weight excluding hydrogens is 260 g/mol. The molecule has 0 saturated carbocycles. The molecule has 1 atom stereocenters. The Kier molecular flexibility index (Phi) is 3.48. The molecule has 6 heteroatoms. The Bertz CT molecular complexity index is 512. The van der Waals surface area contributed by atoms with Gasteiger partial charge in [0.15, 0.2) is 11.5 Å². The van der Waals surface area contributed by atoms with Gasteiger partial charge < -0.3 is 9.47 Å². The highest BCUT2D eigenvalue weighted by Crippen LogP contribution is 2.36. The molecule has 4 rings (SSSR count). The van der Waals surface area contributed by atoms with E-state index >= 15 is 0 Å². The molecule has 0 spiro atoms. The Hall–Kier alpha value is -1.82. The van der Waals surface area contributed by atoms with Gasteiger partial charge in [-0.2, -0.15) is 0 Å². The van der Waals surface area contributed by atoms with Gasteiger partial charge >= 0.3 is 0 Å². The quantitative estimate of drug-likeness (QED) is 0.623. The van der Waals surface area contributed by atoms with E-state index in [1.807, 2.05) is 0 Å². The van der Waals surface area contributed by atoms with Gasteiger partial charge in [0.05, 0.1) is 18.1 Å². The highest BCUT2D eigenvalue weighted by molar-refractivity contribution is 5.48. The monoisotopic (exact) mass is 278 g/mol. The van der Waals surface area contributed by atoms with Gasteiger partial charge in [-0.05, 0) is 37.9 Å². The average molecular weight is 278 g/mol. The maximum Gasteiger partial charge on any atom is 0.273 e. The zero-order chi connectivity index (χ0) is 14.1. The summed E-state index contributed by atoms with van der Waals surface area (Å²) in [5, 5.41) is 10.9. The molecule has 0 N–H and O–H groups in total. The minimum atomic E-state index is -0.414. The van der Waals surface area contributed by atoms with Crippen molar-refractivity contribution in [2.75, 3.05) is 26.7 Å². The van der Waals surface area contributed by atoms with E-state index in [-0.39, 0.29) is 11.8 Å². The molecule has 3 heterocycles. The van der Waals surface area contributed by atoms with Crippen molar-refractivity contribution in [1.29, 1.82) is 0 Å². The van der Waals surface area contributed by atoms with Gasteiger partial charge in [-0.3, -0.25) is 15.0 Å². The number of benzene rings is 1. The molecule has 0 amide bonds. The van der Waals surface area contributed by atoms with Crippen molar-refractivity contribution in [1.82, 2.24) is 4.90 Å². The number of non-ortho nitro benzene ring substituents is 1. The van der Waals surface area contributed by atoms with Gasteiger partial charge in [0.1, 0.15) is 6.10 Å². The molecule has 0 radical (unpaired) electrons. The maximum atomic E-state index is 10.9. The predicted molar refractivity (Wildman–Crippen MR) is 73.2 cm³/mol. The first-order valence-electron chi connectivity index (χ1n) is 6.89. The van der Waals surface area contributed by atoms with Gasteiger partial charge in [0.2, 0.25) is 0 Å². The molecule has 1 aromatic rings. The zero-order valence-corrected chi connectivity index (χ0v) is 11.4. The average Bonchev–Trinajstić information content (AvgIpc) is 2.48. The van der Waals surface area contributed by atoms with Crippen molar-refractivity contribution in [3.63, 3.8) is 0 Å². The Balaban J connectivity index is 1.82. The van der Waals surface area contributed by atoms with E-state index in [4.69, 9.17) is 9.47 Å². The van der Waals surface area contributed by atoms with Crippen LogP contribution in [-0.2, 0) is 0 Å². The van der Waals surface area contributed by atoms with Crippen molar-refractivity contribution in [2.24, 2.45) is 5.92 Å². The fraction of sp³-hybridized carbons (Fsp3) is 0.571. The van der Waals surface area contributed by atoms with Crippen molar-refractivity contribution >= 4 is 5.69 Å². The molecule has 3 fully saturated rings. The minimum Gasteiger partial charge on any atom is -0.493 e. The molecule has 1 unspecified atom stereocenters. The molecule has 6 nitrogen and oxygen atoms in total. The highest BCUT2D eigenvalue weighted by atomic mass is 16.6. The number of nitrogens with zero attached hydrogens (tertiary/aromatic N) is 2. The summed E-state index contributed by atoms with van der Waals surface area (Å²) < 4.78 is 11.3. The number of nitro benzene ring substituents is 1. The zero-order valence-electron chi connectivity index (χ0n) is 11.4. The highest BCUT2D eigenvalue weighted by Gasteiger charge is 2.36. The van der Waals surface area contributed by atoms with Gasteiger partial charge in [0, 0.05) is 12.6 Å². The number of nitro groups is 1. The molecule has 0 aromatic heterocycles. The van der Waals surface area contributed by atoms with E-state index in [2.05, 4.69) is 4.90 Å². The third-order valence-electron chi connectivity index (χ3n) is 4.23. The number of methoxy groups -OCH3 is 1. The van der Waals surface area contributed by atoms with Crippen molar-refractivity contribution in [3.05, 3.63) is 28.3 Å². The van der Waals surface area contributed by atoms with Crippen LogP contribution in [0.2, 0.25) is 0 Å². The summed E-state index contributed by atoms with van der Waals surface area (Å²) >= 11 is 0. The lowest BCUT2D eigenvalue weighted by molar-refractivity contribution is -0.385. The van der Waals surface area contributed by atoms with Gasteiger partial charge in [-0.1, -0.05) is 0 Å². The number of fused-ring (bicyclic) bond motifs is 3. The smallest absolute Gasteiger partial charge is 0.273 e. The second-order valence-corrected chi connectivity index (χ2v) is 5.39. The summed E-state index contributed by atoms with van der Waals surface area (Å²) in [7, 11) is 1.55. The lowest BCUT2D eigenvalue weighted by Gasteiger charge is -2.44. The van der Waals surface area contributed by atoms with Crippen LogP contribution in [-0.4, -0.2) is 42.7 Å². The molecular formula is C14H18N2O4. The van der Waals surface area contributed by atoms with Crippen LogP contribution in [0.1, 0.15) is 12.8 Å². The number of hydrogen-bond donors (Lipinski definition) is 0. The summed E-state index contributed by atoms with van der Waals surface area (Å²) in [5.74, 6) is 1.57.